The van der Waals surface area contributed by atoms with E-state index in [2.05, 4.69) is 29.2 Å². The Labute approximate surface area is 142 Å². The molecule has 3 rings (SSSR count). The Morgan fingerprint density at radius 2 is 1.83 bits per heavy atom. The van der Waals surface area contributed by atoms with E-state index in [1.165, 1.54) is 5.56 Å². The average molecular weight is 326 g/mol. The molecule has 2 aromatic rings. The van der Waals surface area contributed by atoms with E-state index in [-0.39, 0.29) is 16.7 Å². The molecule has 0 aromatic heterocycles. The van der Waals surface area contributed by atoms with Crippen LogP contribution in [0.2, 0.25) is 0 Å². The lowest BCUT2D eigenvalue weighted by atomic mass is 10.0. The number of rotatable bonds is 4. The molecular formula is C19H22N2O3. The monoisotopic (exact) mass is 326 g/mol. The molecule has 0 unspecified atom stereocenters. The Hall–Kier alpha value is -2.24. The third-order valence-corrected chi connectivity index (χ3v) is 4.37. The smallest absolute Gasteiger partial charge is 0.269 e. The highest BCUT2D eigenvalue weighted by Gasteiger charge is 2.18. The van der Waals surface area contributed by atoms with E-state index in [0.29, 0.717) is 6.61 Å². The normalized spacial score (nSPS) is 19.4. The lowest BCUT2D eigenvalue weighted by Gasteiger charge is -2.29. The van der Waals surface area contributed by atoms with Crippen LogP contribution in [0.4, 0.5) is 5.69 Å². The molecule has 0 N–H and O–H groups in total. The second-order valence-corrected chi connectivity index (χ2v) is 6.11. The summed E-state index contributed by atoms with van der Waals surface area (Å²) in [5.74, 6) is 0. The second-order valence-electron chi connectivity index (χ2n) is 6.11. The van der Waals surface area contributed by atoms with E-state index in [0.717, 1.165) is 38.0 Å². The van der Waals surface area contributed by atoms with Crippen LogP contribution >= 0.6 is 0 Å². The van der Waals surface area contributed by atoms with Gasteiger partial charge in [-0.2, -0.15) is 0 Å². The fraction of sp³-hybridized carbons (Fsp3) is 0.368. The number of hydrogen-bond acceptors (Lipinski definition) is 4. The molecule has 2 aromatic carbocycles. The van der Waals surface area contributed by atoms with Gasteiger partial charge in [-0.1, -0.05) is 30.3 Å². The van der Waals surface area contributed by atoms with Gasteiger partial charge in [-0.25, -0.2) is 0 Å². The van der Waals surface area contributed by atoms with Crippen LogP contribution in [-0.2, 0) is 11.3 Å². The molecule has 0 spiro atoms. The van der Waals surface area contributed by atoms with Gasteiger partial charge in [0.2, 0.25) is 0 Å². The average Bonchev–Trinajstić information content (AvgIpc) is 2.59. The van der Waals surface area contributed by atoms with Gasteiger partial charge in [0.1, 0.15) is 0 Å². The molecule has 126 valence electrons. The molecule has 24 heavy (non-hydrogen) atoms. The van der Waals surface area contributed by atoms with Crippen LogP contribution in [0.3, 0.4) is 0 Å². The summed E-state index contributed by atoms with van der Waals surface area (Å²) in [5, 5.41) is 10.8. The molecule has 1 aliphatic heterocycles. The van der Waals surface area contributed by atoms with Gasteiger partial charge in [0.25, 0.3) is 5.69 Å². The topological polar surface area (TPSA) is 55.6 Å². The van der Waals surface area contributed by atoms with Crippen molar-refractivity contribution >= 4 is 5.69 Å². The number of benzene rings is 2. The molecule has 5 nitrogen and oxygen atoms in total. The minimum Gasteiger partial charge on any atom is -0.373 e. The maximum Gasteiger partial charge on any atom is 0.269 e. The Morgan fingerprint density at radius 1 is 1.08 bits per heavy atom. The van der Waals surface area contributed by atoms with Gasteiger partial charge < -0.3 is 4.74 Å². The maximum absolute atomic E-state index is 10.8. The van der Waals surface area contributed by atoms with Crippen molar-refractivity contribution in [3.05, 3.63) is 75.8 Å². The molecule has 1 fully saturated rings. The first-order valence-corrected chi connectivity index (χ1v) is 8.34. The molecule has 0 aliphatic carbocycles. The zero-order valence-corrected chi connectivity index (χ0v) is 13.6. The van der Waals surface area contributed by atoms with Gasteiger partial charge >= 0.3 is 0 Å². The number of ether oxygens (including phenoxy) is 1. The van der Waals surface area contributed by atoms with Crippen molar-refractivity contribution in [2.24, 2.45) is 0 Å². The third-order valence-electron chi connectivity index (χ3n) is 4.37. The minimum absolute atomic E-state index is 0.00405. The zero-order valence-electron chi connectivity index (χ0n) is 13.6. The highest BCUT2D eigenvalue weighted by atomic mass is 16.6. The number of non-ortho nitro benzene ring substituents is 1. The van der Waals surface area contributed by atoms with Gasteiger partial charge in [-0.3, -0.25) is 15.0 Å². The lowest BCUT2D eigenvalue weighted by Crippen LogP contribution is -2.30. The molecule has 1 saturated heterocycles. The van der Waals surface area contributed by atoms with Crippen molar-refractivity contribution in [2.45, 2.75) is 25.5 Å². The van der Waals surface area contributed by atoms with Gasteiger partial charge in [0.05, 0.1) is 11.0 Å². The summed E-state index contributed by atoms with van der Waals surface area (Å²) >= 11 is 0. The molecule has 0 bridgehead atoms. The summed E-state index contributed by atoms with van der Waals surface area (Å²) in [7, 11) is 0. The number of nitro benzene ring substituents is 1. The van der Waals surface area contributed by atoms with Crippen molar-refractivity contribution in [3.63, 3.8) is 0 Å². The second kappa shape index (κ2) is 8.04. The summed E-state index contributed by atoms with van der Waals surface area (Å²) in [5.41, 5.74) is 2.46. The Bertz CT molecular complexity index is 658. The zero-order chi connectivity index (χ0) is 16.8. The fourth-order valence-electron chi connectivity index (χ4n) is 3.08. The molecule has 1 atom stereocenters. The quantitative estimate of drug-likeness (QED) is 0.630. The first-order valence-electron chi connectivity index (χ1n) is 8.34. The molecule has 0 saturated carbocycles. The summed E-state index contributed by atoms with van der Waals surface area (Å²) < 4.78 is 5.97. The SMILES string of the molecule is O=[N+]([O-])c1ccc([C@H]2CCN(Cc3ccccc3)CCCO2)cc1. The minimum atomic E-state index is -0.371. The highest BCUT2D eigenvalue weighted by molar-refractivity contribution is 5.33. The van der Waals surface area contributed by atoms with Gasteiger partial charge in [-0.05, 0) is 36.1 Å². The third kappa shape index (κ3) is 4.40. The largest absolute Gasteiger partial charge is 0.373 e. The van der Waals surface area contributed by atoms with Gasteiger partial charge in [0.15, 0.2) is 0 Å². The van der Waals surface area contributed by atoms with E-state index >= 15 is 0 Å². The van der Waals surface area contributed by atoms with Crippen LogP contribution in [0.25, 0.3) is 0 Å². The first-order chi connectivity index (χ1) is 11.7. The van der Waals surface area contributed by atoms with E-state index in [9.17, 15) is 10.1 Å². The predicted molar refractivity (Wildman–Crippen MR) is 92.7 cm³/mol. The molecule has 5 heteroatoms. The first kappa shape index (κ1) is 16.6. The Morgan fingerprint density at radius 3 is 2.54 bits per heavy atom. The van der Waals surface area contributed by atoms with Crippen molar-refractivity contribution < 1.29 is 9.66 Å². The van der Waals surface area contributed by atoms with Crippen LogP contribution < -0.4 is 0 Å². The van der Waals surface area contributed by atoms with Crippen LogP contribution in [0.1, 0.15) is 30.1 Å². The van der Waals surface area contributed by atoms with Crippen LogP contribution in [0.15, 0.2) is 54.6 Å². The van der Waals surface area contributed by atoms with Gasteiger partial charge in [-0.15, -0.1) is 0 Å². The van der Waals surface area contributed by atoms with Crippen LogP contribution in [-0.4, -0.2) is 29.5 Å². The number of nitro groups is 1. The number of hydrogen-bond donors (Lipinski definition) is 0. The standard InChI is InChI=1S/C19H22N2O3/c22-21(23)18-9-7-17(8-10-18)19-11-13-20(12-4-14-24-19)15-16-5-2-1-3-6-16/h1-3,5-10,19H,4,11-15H2/t19-/m1/s1. The van der Waals surface area contributed by atoms with E-state index in [4.69, 9.17) is 4.74 Å². The summed E-state index contributed by atoms with van der Waals surface area (Å²) in [4.78, 5) is 12.9. The van der Waals surface area contributed by atoms with Crippen molar-refractivity contribution in [3.8, 4) is 0 Å². The van der Waals surface area contributed by atoms with E-state index < -0.39 is 0 Å². The van der Waals surface area contributed by atoms with Gasteiger partial charge in [0, 0.05) is 38.4 Å². The summed E-state index contributed by atoms with van der Waals surface area (Å²) in [6.45, 7) is 3.65. The number of nitrogens with zero attached hydrogens (tertiary/aromatic N) is 2. The molecular weight excluding hydrogens is 304 g/mol. The highest BCUT2D eigenvalue weighted by Crippen LogP contribution is 2.26. The van der Waals surface area contributed by atoms with Crippen molar-refractivity contribution in [2.75, 3.05) is 19.7 Å². The van der Waals surface area contributed by atoms with Crippen LogP contribution in [0.5, 0.6) is 0 Å². The van der Waals surface area contributed by atoms with E-state index in [1.807, 2.05) is 18.2 Å². The molecule has 0 radical (unpaired) electrons. The predicted octanol–water partition coefficient (Wildman–Crippen LogP) is 3.95. The van der Waals surface area contributed by atoms with E-state index in [1.54, 1.807) is 12.1 Å². The molecule has 1 aliphatic rings. The Kier molecular flexibility index (Phi) is 5.56. The van der Waals surface area contributed by atoms with Crippen molar-refractivity contribution in [1.29, 1.82) is 0 Å². The van der Waals surface area contributed by atoms with Crippen molar-refractivity contribution in [1.82, 2.24) is 4.90 Å². The Balaban J connectivity index is 1.63. The van der Waals surface area contributed by atoms with Crippen LogP contribution in [0, 0.1) is 10.1 Å². The molecule has 1 heterocycles. The maximum atomic E-state index is 10.8. The summed E-state index contributed by atoms with van der Waals surface area (Å²) in [6, 6.07) is 17.2. The molecule has 0 amide bonds. The fourth-order valence-corrected chi connectivity index (χ4v) is 3.08. The lowest BCUT2D eigenvalue weighted by molar-refractivity contribution is -0.384. The summed E-state index contributed by atoms with van der Waals surface area (Å²) in [6.07, 6.45) is 1.89.